The first kappa shape index (κ1) is 25.7. The number of amides is 1. The minimum absolute atomic E-state index is 0.1000. The van der Waals surface area contributed by atoms with Crippen molar-refractivity contribution in [3.8, 4) is 0 Å². The number of carbonyl (C=O) groups excluding carboxylic acids is 2. The van der Waals surface area contributed by atoms with E-state index in [1.807, 2.05) is 0 Å². The van der Waals surface area contributed by atoms with Gasteiger partial charge in [0.2, 0.25) is 0 Å². The summed E-state index contributed by atoms with van der Waals surface area (Å²) in [4.78, 5) is 25.0. The summed E-state index contributed by atoms with van der Waals surface area (Å²) < 4.78 is 109. The van der Waals surface area contributed by atoms with Gasteiger partial charge in [-0.15, -0.1) is 0 Å². The second kappa shape index (κ2) is 8.05. The second-order valence-corrected chi connectivity index (χ2v) is 10.4. The Morgan fingerprint density at radius 2 is 1.47 bits per heavy atom. The lowest BCUT2D eigenvalue weighted by atomic mass is 9.71. The van der Waals surface area contributed by atoms with Crippen LogP contribution in [0.15, 0.2) is 71.7 Å². The maximum absolute atomic E-state index is 13.7. The number of alkyl halides is 6. The summed E-state index contributed by atoms with van der Waals surface area (Å²) in [7, 11) is -4.83. The molecule has 1 aliphatic carbocycles. The molecule has 2 aromatic carbocycles. The van der Waals surface area contributed by atoms with Gasteiger partial charge in [-0.25, -0.2) is 12.7 Å². The number of sulfonamides is 1. The molecule has 4 rings (SSSR count). The first-order valence-corrected chi connectivity index (χ1v) is 11.8. The quantitative estimate of drug-likeness (QED) is 0.407. The van der Waals surface area contributed by atoms with E-state index in [-0.39, 0.29) is 10.4 Å². The maximum atomic E-state index is 13.7. The number of benzene rings is 2. The highest BCUT2D eigenvalue weighted by Gasteiger charge is 2.61. The van der Waals surface area contributed by atoms with Gasteiger partial charge in [0.25, 0.3) is 15.9 Å². The molecule has 12 heteroatoms. The van der Waals surface area contributed by atoms with E-state index in [0.29, 0.717) is 17.7 Å². The Bertz CT molecular complexity index is 1390. The number of ketones is 1. The van der Waals surface area contributed by atoms with E-state index >= 15 is 0 Å². The Morgan fingerprint density at radius 3 is 1.97 bits per heavy atom. The van der Waals surface area contributed by atoms with Crippen LogP contribution in [-0.4, -0.2) is 24.4 Å². The van der Waals surface area contributed by atoms with Gasteiger partial charge in [-0.05, 0) is 55.0 Å². The highest BCUT2D eigenvalue weighted by atomic mass is 32.2. The second-order valence-electron chi connectivity index (χ2n) is 8.59. The number of halogens is 6. The lowest BCUT2D eigenvalue weighted by molar-refractivity contribution is -0.143. The Morgan fingerprint density at radius 1 is 0.944 bits per heavy atom. The van der Waals surface area contributed by atoms with Crippen LogP contribution >= 0.6 is 0 Å². The number of allylic oxidation sites excluding steroid dienone is 1. The molecule has 1 aliphatic heterocycles. The van der Waals surface area contributed by atoms with Crippen molar-refractivity contribution in [2.24, 2.45) is 5.92 Å². The van der Waals surface area contributed by atoms with Crippen LogP contribution in [-0.2, 0) is 37.5 Å². The molecule has 190 valence electrons. The van der Waals surface area contributed by atoms with E-state index in [2.05, 4.69) is 6.58 Å². The summed E-state index contributed by atoms with van der Waals surface area (Å²) in [6, 6.07) is 5.78. The molecule has 0 saturated carbocycles. The molecule has 1 fully saturated rings. The number of hydrogen-bond acceptors (Lipinski definition) is 4. The predicted octanol–water partition coefficient (Wildman–Crippen LogP) is 5.16. The van der Waals surface area contributed by atoms with Gasteiger partial charge in [0.1, 0.15) is 5.54 Å². The number of rotatable bonds is 3. The third kappa shape index (κ3) is 3.93. The molecule has 0 spiro atoms. The molecule has 2 aromatic rings. The van der Waals surface area contributed by atoms with Crippen molar-refractivity contribution < 1.29 is 44.3 Å². The van der Waals surface area contributed by atoms with Crippen molar-refractivity contribution >= 4 is 21.7 Å². The largest absolute Gasteiger partial charge is 0.416 e. The SMILES string of the molecule is C=C1C(=O)N(S(=O)(=O)c2ccc(C)cc2)[C@]2(c3cc(C(F)(F)F)cc(C(F)(F)F)c3)C=CC(=O)C[C@H]12. The van der Waals surface area contributed by atoms with E-state index in [4.69, 9.17) is 0 Å². The van der Waals surface area contributed by atoms with Gasteiger partial charge in [0.15, 0.2) is 5.78 Å². The van der Waals surface area contributed by atoms with E-state index in [1.165, 1.54) is 12.1 Å². The fourth-order valence-electron chi connectivity index (χ4n) is 4.53. The van der Waals surface area contributed by atoms with Crippen LogP contribution in [0.5, 0.6) is 0 Å². The zero-order valence-electron chi connectivity index (χ0n) is 18.4. The number of nitrogens with zero attached hydrogens (tertiary/aromatic N) is 1. The van der Waals surface area contributed by atoms with E-state index in [0.717, 1.165) is 24.3 Å². The summed E-state index contributed by atoms with van der Waals surface area (Å²) in [5, 5.41) is 0. The minimum atomic E-state index is -5.23. The molecule has 0 unspecified atom stereocenters. The van der Waals surface area contributed by atoms with Crippen molar-refractivity contribution in [1.29, 1.82) is 0 Å². The first-order chi connectivity index (χ1) is 16.5. The Balaban J connectivity index is 2.09. The van der Waals surface area contributed by atoms with Crippen LogP contribution in [0.4, 0.5) is 26.3 Å². The number of fused-ring (bicyclic) bond motifs is 1. The van der Waals surface area contributed by atoms with Crippen molar-refractivity contribution in [3.05, 3.63) is 89.0 Å². The maximum Gasteiger partial charge on any atom is 0.416 e. The van der Waals surface area contributed by atoms with Crippen molar-refractivity contribution in [2.45, 2.75) is 36.1 Å². The van der Waals surface area contributed by atoms with Gasteiger partial charge in [-0.2, -0.15) is 26.3 Å². The molecule has 0 aromatic heterocycles. The van der Waals surface area contributed by atoms with Gasteiger partial charge < -0.3 is 0 Å². The molecular formula is C24H17F6NO4S. The number of aryl methyl sites for hydroxylation is 1. The Kier molecular flexibility index (Phi) is 5.74. The molecule has 5 nitrogen and oxygen atoms in total. The van der Waals surface area contributed by atoms with E-state index in [1.54, 1.807) is 6.92 Å². The van der Waals surface area contributed by atoms with E-state index < -0.39 is 79.1 Å². The molecule has 0 bridgehead atoms. The molecule has 2 atom stereocenters. The standard InChI is InChI=1S/C24H17F6NO4S/c1-13-3-5-19(6-4-13)36(34,35)31-21(33)14(2)20-12-18(32)7-8-22(20,31)15-9-16(23(25,26)27)11-17(10-15)24(28,29)30/h3-11,20H,2,12H2,1H3/t20-,22+/m1/s1. The summed E-state index contributed by atoms with van der Waals surface area (Å²) in [5.41, 5.74) is -6.29. The molecule has 1 heterocycles. The van der Waals surface area contributed by atoms with Crippen LogP contribution < -0.4 is 0 Å². The summed E-state index contributed by atoms with van der Waals surface area (Å²) in [6.07, 6.45) is -9.26. The van der Waals surface area contributed by atoms with Crippen LogP contribution in [0.1, 0.15) is 28.7 Å². The molecule has 1 saturated heterocycles. The third-order valence-corrected chi connectivity index (χ3v) is 8.10. The lowest BCUT2D eigenvalue weighted by Crippen LogP contribution is -2.50. The van der Waals surface area contributed by atoms with Gasteiger partial charge in [0, 0.05) is 17.9 Å². The Labute approximate surface area is 201 Å². The molecule has 0 N–H and O–H groups in total. The number of carbonyl (C=O) groups is 2. The fraction of sp³-hybridized carbons (Fsp3) is 0.250. The molecular weight excluding hydrogens is 512 g/mol. The van der Waals surface area contributed by atoms with E-state index in [9.17, 15) is 44.3 Å². The monoisotopic (exact) mass is 529 g/mol. The third-order valence-electron chi connectivity index (χ3n) is 6.29. The smallest absolute Gasteiger partial charge is 0.295 e. The van der Waals surface area contributed by atoms with Gasteiger partial charge in [-0.3, -0.25) is 9.59 Å². The van der Waals surface area contributed by atoms with Gasteiger partial charge >= 0.3 is 12.4 Å². The summed E-state index contributed by atoms with van der Waals surface area (Å²) in [5.74, 6) is -3.25. The topological polar surface area (TPSA) is 71.5 Å². The Hall–Kier alpha value is -3.41. The lowest BCUT2D eigenvalue weighted by Gasteiger charge is -2.41. The molecule has 1 amide bonds. The first-order valence-electron chi connectivity index (χ1n) is 10.4. The van der Waals surface area contributed by atoms with Crippen LogP contribution in [0.3, 0.4) is 0 Å². The van der Waals surface area contributed by atoms with Gasteiger partial charge in [0.05, 0.1) is 16.0 Å². The van der Waals surface area contributed by atoms with Crippen molar-refractivity contribution in [3.63, 3.8) is 0 Å². The van der Waals surface area contributed by atoms with Gasteiger partial charge in [-0.1, -0.05) is 24.3 Å². The fourth-order valence-corrected chi connectivity index (χ4v) is 6.25. The van der Waals surface area contributed by atoms with Crippen LogP contribution in [0.2, 0.25) is 0 Å². The molecule has 0 radical (unpaired) electrons. The zero-order chi connectivity index (χ0) is 26.8. The average molecular weight is 529 g/mol. The van der Waals surface area contributed by atoms with Crippen LogP contribution in [0, 0.1) is 12.8 Å². The molecule has 2 aliphatic rings. The predicted molar refractivity (Wildman–Crippen MR) is 115 cm³/mol. The molecule has 36 heavy (non-hydrogen) atoms. The van der Waals surface area contributed by atoms with Crippen molar-refractivity contribution in [2.75, 3.05) is 0 Å². The van der Waals surface area contributed by atoms with Crippen LogP contribution in [0.25, 0.3) is 0 Å². The average Bonchev–Trinajstić information content (AvgIpc) is 3.00. The number of hydrogen-bond donors (Lipinski definition) is 0. The highest BCUT2D eigenvalue weighted by molar-refractivity contribution is 7.89. The zero-order valence-corrected chi connectivity index (χ0v) is 19.3. The normalized spacial score (nSPS) is 22.8. The summed E-state index contributed by atoms with van der Waals surface area (Å²) in [6.45, 7) is 5.21. The van der Waals surface area contributed by atoms with Crippen molar-refractivity contribution in [1.82, 2.24) is 4.31 Å². The summed E-state index contributed by atoms with van der Waals surface area (Å²) >= 11 is 0. The minimum Gasteiger partial charge on any atom is -0.295 e. The highest BCUT2D eigenvalue weighted by Crippen LogP contribution is 2.54.